The molecule has 1 fully saturated rings. The number of hydrogen-bond acceptors (Lipinski definition) is 4. The van der Waals surface area contributed by atoms with Crippen LogP contribution in [0.3, 0.4) is 0 Å². The van der Waals surface area contributed by atoms with E-state index in [0.29, 0.717) is 17.5 Å². The third-order valence-corrected chi connectivity index (χ3v) is 3.84. The van der Waals surface area contributed by atoms with Crippen molar-refractivity contribution in [3.05, 3.63) is 54.2 Å². The SMILES string of the molecule is COc1ncccc1O[C@@H](c1ccccc1)C1CCNC1. The fraction of sp³-hybridized carbons (Fsp3) is 0.353. The van der Waals surface area contributed by atoms with E-state index in [-0.39, 0.29) is 6.10 Å². The fourth-order valence-corrected chi connectivity index (χ4v) is 2.77. The van der Waals surface area contributed by atoms with Crippen molar-refractivity contribution in [2.75, 3.05) is 20.2 Å². The van der Waals surface area contributed by atoms with Gasteiger partial charge in [-0.05, 0) is 30.7 Å². The molecule has 2 aromatic rings. The zero-order valence-corrected chi connectivity index (χ0v) is 12.2. The Hall–Kier alpha value is -2.07. The number of pyridine rings is 1. The molecule has 4 heteroatoms. The van der Waals surface area contributed by atoms with E-state index in [4.69, 9.17) is 9.47 Å². The summed E-state index contributed by atoms with van der Waals surface area (Å²) in [6.07, 6.45) is 2.84. The number of benzene rings is 1. The lowest BCUT2D eigenvalue weighted by atomic mass is 9.95. The van der Waals surface area contributed by atoms with Crippen LogP contribution < -0.4 is 14.8 Å². The van der Waals surface area contributed by atoms with Gasteiger partial charge in [-0.1, -0.05) is 30.3 Å². The van der Waals surface area contributed by atoms with Gasteiger partial charge < -0.3 is 14.8 Å². The Morgan fingerprint density at radius 3 is 2.76 bits per heavy atom. The molecule has 2 atom stereocenters. The van der Waals surface area contributed by atoms with Crippen LogP contribution in [0.15, 0.2) is 48.7 Å². The molecule has 3 rings (SSSR count). The summed E-state index contributed by atoms with van der Waals surface area (Å²) in [5, 5.41) is 3.41. The second-order valence-corrected chi connectivity index (χ2v) is 5.21. The molecule has 0 bridgehead atoms. The van der Waals surface area contributed by atoms with E-state index in [1.54, 1.807) is 13.3 Å². The van der Waals surface area contributed by atoms with E-state index in [2.05, 4.69) is 34.6 Å². The molecule has 1 aromatic heterocycles. The summed E-state index contributed by atoms with van der Waals surface area (Å²) in [5.74, 6) is 1.68. The van der Waals surface area contributed by atoms with Gasteiger partial charge in [0.1, 0.15) is 6.10 Å². The minimum atomic E-state index is 0.0132. The van der Waals surface area contributed by atoms with Gasteiger partial charge in [-0.3, -0.25) is 0 Å². The minimum absolute atomic E-state index is 0.0132. The number of ether oxygens (including phenoxy) is 2. The first-order valence-corrected chi connectivity index (χ1v) is 7.30. The Kier molecular flexibility index (Phi) is 4.36. The van der Waals surface area contributed by atoms with Crippen molar-refractivity contribution < 1.29 is 9.47 Å². The maximum Gasteiger partial charge on any atom is 0.256 e. The first-order valence-electron chi connectivity index (χ1n) is 7.30. The highest BCUT2D eigenvalue weighted by molar-refractivity contribution is 5.33. The van der Waals surface area contributed by atoms with Gasteiger partial charge in [-0.25, -0.2) is 4.98 Å². The smallest absolute Gasteiger partial charge is 0.256 e. The third kappa shape index (κ3) is 3.16. The Labute approximate surface area is 125 Å². The van der Waals surface area contributed by atoms with Gasteiger partial charge >= 0.3 is 0 Å². The van der Waals surface area contributed by atoms with Crippen molar-refractivity contribution in [1.29, 1.82) is 0 Å². The standard InChI is InChI=1S/C17H20N2O2/c1-20-17-15(8-5-10-19-17)21-16(14-9-11-18-12-14)13-6-3-2-4-7-13/h2-8,10,14,16,18H,9,11-12H2,1H3/t14?,16-/m0/s1. The topological polar surface area (TPSA) is 43.4 Å². The van der Waals surface area contributed by atoms with Crippen LogP contribution in [0, 0.1) is 5.92 Å². The van der Waals surface area contributed by atoms with Gasteiger partial charge in [-0.2, -0.15) is 0 Å². The average Bonchev–Trinajstić information content (AvgIpc) is 3.08. The molecule has 0 aliphatic carbocycles. The maximum absolute atomic E-state index is 6.28. The fourth-order valence-electron chi connectivity index (χ4n) is 2.77. The Morgan fingerprint density at radius 1 is 1.19 bits per heavy atom. The quantitative estimate of drug-likeness (QED) is 0.917. The van der Waals surface area contributed by atoms with E-state index in [1.165, 1.54) is 5.56 Å². The number of nitrogens with one attached hydrogen (secondary N) is 1. The highest BCUT2D eigenvalue weighted by Crippen LogP contribution is 2.35. The van der Waals surface area contributed by atoms with E-state index in [0.717, 1.165) is 19.5 Å². The van der Waals surface area contributed by atoms with Crippen LogP contribution in [0.2, 0.25) is 0 Å². The normalized spacial score (nSPS) is 19.2. The molecule has 1 N–H and O–H groups in total. The zero-order valence-electron chi connectivity index (χ0n) is 12.2. The lowest BCUT2D eigenvalue weighted by Crippen LogP contribution is -2.21. The van der Waals surface area contributed by atoms with Crippen molar-refractivity contribution in [2.45, 2.75) is 12.5 Å². The number of methoxy groups -OCH3 is 1. The third-order valence-electron chi connectivity index (χ3n) is 3.84. The summed E-state index contributed by atoms with van der Waals surface area (Å²) < 4.78 is 11.6. The van der Waals surface area contributed by atoms with E-state index < -0.39 is 0 Å². The molecule has 21 heavy (non-hydrogen) atoms. The van der Waals surface area contributed by atoms with Gasteiger partial charge in [0, 0.05) is 18.7 Å². The number of nitrogens with zero attached hydrogens (tertiary/aromatic N) is 1. The zero-order chi connectivity index (χ0) is 14.5. The van der Waals surface area contributed by atoms with Crippen molar-refractivity contribution >= 4 is 0 Å². The van der Waals surface area contributed by atoms with Crippen LogP contribution in [0.25, 0.3) is 0 Å². The van der Waals surface area contributed by atoms with Crippen molar-refractivity contribution in [2.24, 2.45) is 5.92 Å². The lowest BCUT2D eigenvalue weighted by molar-refractivity contribution is 0.138. The highest BCUT2D eigenvalue weighted by Gasteiger charge is 2.28. The molecule has 1 aliphatic heterocycles. The van der Waals surface area contributed by atoms with Gasteiger partial charge in [0.15, 0.2) is 5.75 Å². The van der Waals surface area contributed by atoms with Crippen molar-refractivity contribution in [3.8, 4) is 11.6 Å². The molecule has 1 unspecified atom stereocenters. The predicted molar refractivity (Wildman–Crippen MR) is 81.6 cm³/mol. The molecular formula is C17H20N2O2. The molecule has 1 saturated heterocycles. The second-order valence-electron chi connectivity index (χ2n) is 5.21. The average molecular weight is 284 g/mol. The van der Waals surface area contributed by atoms with Crippen LogP contribution in [-0.4, -0.2) is 25.2 Å². The van der Waals surface area contributed by atoms with Crippen LogP contribution in [0.5, 0.6) is 11.6 Å². The molecule has 0 spiro atoms. The molecular weight excluding hydrogens is 264 g/mol. The first kappa shape index (κ1) is 13.9. The summed E-state index contributed by atoms with van der Waals surface area (Å²) >= 11 is 0. The highest BCUT2D eigenvalue weighted by atomic mass is 16.5. The van der Waals surface area contributed by atoms with Gasteiger partial charge in [0.05, 0.1) is 7.11 Å². The lowest BCUT2D eigenvalue weighted by Gasteiger charge is -2.25. The van der Waals surface area contributed by atoms with Crippen molar-refractivity contribution in [1.82, 2.24) is 10.3 Å². The molecule has 1 aliphatic rings. The van der Waals surface area contributed by atoms with Crippen LogP contribution in [-0.2, 0) is 0 Å². The van der Waals surface area contributed by atoms with E-state index >= 15 is 0 Å². The maximum atomic E-state index is 6.28. The minimum Gasteiger partial charge on any atom is -0.480 e. The summed E-state index contributed by atoms with van der Waals surface area (Å²) in [7, 11) is 1.61. The van der Waals surface area contributed by atoms with Crippen LogP contribution >= 0.6 is 0 Å². The molecule has 4 nitrogen and oxygen atoms in total. The molecule has 0 amide bonds. The van der Waals surface area contributed by atoms with Gasteiger partial charge in [0.2, 0.25) is 0 Å². The molecule has 2 heterocycles. The summed E-state index contributed by atoms with van der Waals surface area (Å²) in [5.41, 5.74) is 1.19. The number of aromatic nitrogens is 1. The molecule has 1 aromatic carbocycles. The summed E-state index contributed by atoms with van der Waals surface area (Å²) in [6.45, 7) is 2.02. The Morgan fingerprint density at radius 2 is 2.05 bits per heavy atom. The Bertz CT molecular complexity index is 568. The number of hydrogen-bond donors (Lipinski definition) is 1. The largest absolute Gasteiger partial charge is 0.480 e. The van der Waals surface area contributed by atoms with E-state index in [1.807, 2.05) is 18.2 Å². The van der Waals surface area contributed by atoms with Crippen LogP contribution in [0.1, 0.15) is 18.1 Å². The van der Waals surface area contributed by atoms with E-state index in [9.17, 15) is 0 Å². The Balaban J connectivity index is 1.88. The summed E-state index contributed by atoms with van der Waals surface area (Å²) in [6, 6.07) is 14.1. The second kappa shape index (κ2) is 6.59. The van der Waals surface area contributed by atoms with Gasteiger partial charge in [-0.15, -0.1) is 0 Å². The van der Waals surface area contributed by atoms with Crippen LogP contribution in [0.4, 0.5) is 0 Å². The summed E-state index contributed by atoms with van der Waals surface area (Å²) in [4.78, 5) is 4.21. The van der Waals surface area contributed by atoms with Gasteiger partial charge in [0.25, 0.3) is 5.88 Å². The molecule has 0 radical (unpaired) electrons. The first-order chi connectivity index (χ1) is 10.4. The molecule has 110 valence electrons. The predicted octanol–water partition coefficient (Wildman–Crippen LogP) is 2.82. The number of rotatable bonds is 5. The van der Waals surface area contributed by atoms with Crippen molar-refractivity contribution in [3.63, 3.8) is 0 Å². The molecule has 0 saturated carbocycles. The monoisotopic (exact) mass is 284 g/mol.